The van der Waals surface area contributed by atoms with E-state index in [1.165, 1.54) is 18.2 Å². The fourth-order valence-electron chi connectivity index (χ4n) is 3.47. The molecule has 168 valence electrons. The third kappa shape index (κ3) is 5.16. The highest BCUT2D eigenvalue weighted by atomic mass is 32.2. The van der Waals surface area contributed by atoms with Crippen LogP contribution in [-0.2, 0) is 20.2 Å². The summed E-state index contributed by atoms with van der Waals surface area (Å²) in [6.45, 7) is 1.50. The van der Waals surface area contributed by atoms with E-state index in [2.05, 4.69) is 16.1 Å². The third-order valence-electron chi connectivity index (χ3n) is 5.53. The summed E-state index contributed by atoms with van der Waals surface area (Å²) in [6.07, 6.45) is 1.73. The van der Waals surface area contributed by atoms with Gasteiger partial charge in [0.1, 0.15) is 5.75 Å². The van der Waals surface area contributed by atoms with E-state index in [1.807, 2.05) is 12.1 Å². The molecule has 3 aromatic rings. The molecule has 1 fully saturated rings. The second-order valence-corrected chi connectivity index (χ2v) is 9.69. The Labute approximate surface area is 193 Å². The standard InChI is InChI=1S/C25H23N3O4S/c1-18-15-22(33(30,31)28-21-5-3-2-4-6-21)11-12-23(18)32-16-24(29)27-20-9-7-19(8-10-20)25(17-26)13-14-25/h2-12,15,28H,13-14,16H2,1H3,(H,27,29). The van der Waals surface area contributed by atoms with Crippen LogP contribution in [-0.4, -0.2) is 20.9 Å². The van der Waals surface area contributed by atoms with Gasteiger partial charge < -0.3 is 10.1 Å². The van der Waals surface area contributed by atoms with Crippen molar-refractivity contribution in [3.05, 3.63) is 83.9 Å². The Kier molecular flexibility index (Phi) is 6.07. The van der Waals surface area contributed by atoms with Gasteiger partial charge >= 0.3 is 0 Å². The molecule has 0 heterocycles. The summed E-state index contributed by atoms with van der Waals surface area (Å²) < 4.78 is 33.3. The van der Waals surface area contributed by atoms with Gasteiger partial charge in [0.2, 0.25) is 0 Å². The van der Waals surface area contributed by atoms with Crippen LogP contribution in [0.25, 0.3) is 0 Å². The summed E-state index contributed by atoms with van der Waals surface area (Å²) in [5, 5.41) is 12.0. The average molecular weight is 462 g/mol. The van der Waals surface area contributed by atoms with Crippen molar-refractivity contribution >= 4 is 27.3 Å². The van der Waals surface area contributed by atoms with Crippen LogP contribution in [0.2, 0.25) is 0 Å². The van der Waals surface area contributed by atoms with Gasteiger partial charge in [-0.25, -0.2) is 8.42 Å². The lowest BCUT2D eigenvalue weighted by Crippen LogP contribution is -2.20. The van der Waals surface area contributed by atoms with Gasteiger partial charge in [-0.05, 0) is 73.4 Å². The molecule has 1 aliphatic carbocycles. The molecule has 1 amide bonds. The molecule has 0 atom stereocenters. The van der Waals surface area contributed by atoms with E-state index in [0.29, 0.717) is 22.7 Å². The van der Waals surface area contributed by atoms with Crippen molar-refractivity contribution in [1.82, 2.24) is 0 Å². The first-order valence-electron chi connectivity index (χ1n) is 10.4. The van der Waals surface area contributed by atoms with E-state index in [1.54, 1.807) is 49.4 Å². The third-order valence-corrected chi connectivity index (χ3v) is 6.91. The van der Waals surface area contributed by atoms with Crippen molar-refractivity contribution in [2.24, 2.45) is 0 Å². The second-order valence-electron chi connectivity index (χ2n) is 8.01. The van der Waals surface area contributed by atoms with Crippen LogP contribution in [0.3, 0.4) is 0 Å². The van der Waals surface area contributed by atoms with E-state index in [0.717, 1.165) is 18.4 Å². The molecule has 0 saturated heterocycles. The Bertz CT molecular complexity index is 1310. The average Bonchev–Trinajstić information content (AvgIpc) is 3.60. The van der Waals surface area contributed by atoms with Gasteiger partial charge in [0.05, 0.1) is 16.4 Å². The summed E-state index contributed by atoms with van der Waals surface area (Å²) in [6, 6.07) is 22.7. The predicted molar refractivity (Wildman–Crippen MR) is 126 cm³/mol. The number of sulfonamides is 1. The molecule has 7 nitrogen and oxygen atoms in total. The lowest BCUT2D eigenvalue weighted by Gasteiger charge is -2.13. The summed E-state index contributed by atoms with van der Waals surface area (Å²) in [4.78, 5) is 12.4. The van der Waals surface area contributed by atoms with Gasteiger partial charge in [-0.3, -0.25) is 9.52 Å². The van der Waals surface area contributed by atoms with Crippen molar-refractivity contribution in [2.75, 3.05) is 16.6 Å². The van der Waals surface area contributed by atoms with Crippen molar-refractivity contribution in [3.8, 4) is 11.8 Å². The van der Waals surface area contributed by atoms with Crippen molar-refractivity contribution in [1.29, 1.82) is 5.26 Å². The quantitative estimate of drug-likeness (QED) is 0.518. The van der Waals surface area contributed by atoms with Gasteiger partial charge in [0.25, 0.3) is 15.9 Å². The molecule has 0 spiro atoms. The van der Waals surface area contributed by atoms with Crippen LogP contribution in [0, 0.1) is 18.3 Å². The number of aryl methyl sites for hydroxylation is 1. The number of anilines is 2. The first-order chi connectivity index (χ1) is 15.8. The molecular weight excluding hydrogens is 438 g/mol. The van der Waals surface area contributed by atoms with Gasteiger partial charge in [-0.1, -0.05) is 30.3 Å². The molecule has 1 saturated carbocycles. The van der Waals surface area contributed by atoms with Crippen molar-refractivity contribution in [3.63, 3.8) is 0 Å². The molecule has 3 aromatic carbocycles. The number of hydrogen-bond donors (Lipinski definition) is 2. The van der Waals surface area contributed by atoms with Crippen LogP contribution in [0.4, 0.5) is 11.4 Å². The van der Waals surface area contributed by atoms with E-state index in [-0.39, 0.29) is 22.8 Å². The molecular formula is C25H23N3O4S. The van der Waals surface area contributed by atoms with E-state index in [4.69, 9.17) is 4.74 Å². The molecule has 8 heteroatoms. The molecule has 0 aromatic heterocycles. The number of carbonyl (C=O) groups is 1. The van der Waals surface area contributed by atoms with E-state index >= 15 is 0 Å². The fourth-order valence-corrected chi connectivity index (χ4v) is 4.62. The van der Waals surface area contributed by atoms with Crippen LogP contribution < -0.4 is 14.8 Å². The van der Waals surface area contributed by atoms with Gasteiger partial charge in [0.15, 0.2) is 6.61 Å². The summed E-state index contributed by atoms with van der Waals surface area (Å²) in [7, 11) is -3.74. The predicted octanol–water partition coefficient (Wildman–Crippen LogP) is 4.37. The highest BCUT2D eigenvalue weighted by Crippen LogP contribution is 2.47. The highest BCUT2D eigenvalue weighted by Gasteiger charge is 2.44. The number of nitrogens with zero attached hydrogens (tertiary/aromatic N) is 1. The minimum atomic E-state index is -3.74. The molecule has 0 bridgehead atoms. The molecule has 4 rings (SSSR count). The number of para-hydroxylation sites is 1. The van der Waals surface area contributed by atoms with Gasteiger partial charge in [-0.15, -0.1) is 0 Å². The maximum Gasteiger partial charge on any atom is 0.262 e. The number of ether oxygens (including phenoxy) is 1. The van der Waals surface area contributed by atoms with Crippen LogP contribution in [0.1, 0.15) is 24.0 Å². The first-order valence-corrected chi connectivity index (χ1v) is 11.9. The summed E-state index contributed by atoms with van der Waals surface area (Å²) >= 11 is 0. The lowest BCUT2D eigenvalue weighted by atomic mass is 9.98. The molecule has 1 aliphatic rings. The fraction of sp³-hybridized carbons (Fsp3) is 0.200. The van der Waals surface area contributed by atoms with E-state index < -0.39 is 10.0 Å². The topological polar surface area (TPSA) is 108 Å². The molecule has 33 heavy (non-hydrogen) atoms. The van der Waals surface area contributed by atoms with Crippen LogP contribution >= 0.6 is 0 Å². The lowest BCUT2D eigenvalue weighted by molar-refractivity contribution is -0.118. The van der Waals surface area contributed by atoms with Crippen molar-refractivity contribution in [2.45, 2.75) is 30.1 Å². The smallest absolute Gasteiger partial charge is 0.262 e. The highest BCUT2D eigenvalue weighted by molar-refractivity contribution is 7.92. The van der Waals surface area contributed by atoms with Crippen molar-refractivity contribution < 1.29 is 17.9 Å². The Morgan fingerprint density at radius 2 is 1.73 bits per heavy atom. The zero-order chi connectivity index (χ0) is 23.5. The number of hydrogen-bond acceptors (Lipinski definition) is 5. The zero-order valence-electron chi connectivity index (χ0n) is 18.0. The van der Waals surface area contributed by atoms with Crippen LogP contribution in [0.15, 0.2) is 77.7 Å². The molecule has 0 radical (unpaired) electrons. The Balaban J connectivity index is 1.35. The van der Waals surface area contributed by atoms with Gasteiger partial charge in [0, 0.05) is 11.4 Å². The Morgan fingerprint density at radius 1 is 1.03 bits per heavy atom. The minimum absolute atomic E-state index is 0.103. The molecule has 2 N–H and O–H groups in total. The first kappa shape index (κ1) is 22.4. The number of amides is 1. The van der Waals surface area contributed by atoms with Gasteiger partial charge in [-0.2, -0.15) is 5.26 Å². The minimum Gasteiger partial charge on any atom is -0.483 e. The molecule has 0 aliphatic heterocycles. The number of nitriles is 1. The normalized spacial score (nSPS) is 14.1. The Morgan fingerprint density at radius 3 is 2.33 bits per heavy atom. The Hall–Kier alpha value is -3.83. The SMILES string of the molecule is Cc1cc(S(=O)(=O)Nc2ccccc2)ccc1OCC(=O)Nc1ccc(C2(C#N)CC2)cc1. The van der Waals surface area contributed by atoms with E-state index in [9.17, 15) is 18.5 Å². The van der Waals surface area contributed by atoms with Crippen LogP contribution in [0.5, 0.6) is 5.75 Å². The number of carbonyl (C=O) groups excluding carboxylic acids is 1. The molecule has 0 unspecified atom stereocenters. The number of benzene rings is 3. The zero-order valence-corrected chi connectivity index (χ0v) is 18.9. The maximum absolute atomic E-state index is 12.6. The summed E-state index contributed by atoms with van der Waals surface area (Å²) in [5.41, 5.74) is 2.28. The monoisotopic (exact) mass is 461 g/mol. The number of rotatable bonds is 8. The maximum atomic E-state index is 12.6. The second kappa shape index (κ2) is 8.96. The number of nitrogens with one attached hydrogen (secondary N) is 2. The largest absolute Gasteiger partial charge is 0.483 e. The summed E-state index contributed by atoms with van der Waals surface area (Å²) in [5.74, 6) is 0.0786.